The monoisotopic (exact) mass is 404 g/mol. The van der Waals surface area contributed by atoms with Crippen molar-refractivity contribution in [1.29, 1.82) is 0 Å². The van der Waals surface area contributed by atoms with E-state index in [-0.39, 0.29) is 4.90 Å². The van der Waals surface area contributed by atoms with E-state index in [1.54, 1.807) is 30.3 Å². The lowest BCUT2D eigenvalue weighted by Crippen LogP contribution is -2.13. The van der Waals surface area contributed by atoms with Crippen molar-refractivity contribution in [3.05, 3.63) is 51.4 Å². The fourth-order valence-electron chi connectivity index (χ4n) is 1.48. The van der Waals surface area contributed by atoms with Crippen molar-refractivity contribution in [3.63, 3.8) is 0 Å². The summed E-state index contributed by atoms with van der Waals surface area (Å²) in [5.74, 6) is 0. The maximum atomic E-state index is 12.2. The molecule has 2 aromatic carbocycles. The lowest BCUT2D eigenvalue weighted by Gasteiger charge is -2.12. The first-order valence-electron chi connectivity index (χ1n) is 5.22. The zero-order valence-corrected chi connectivity index (χ0v) is 13.6. The van der Waals surface area contributed by atoms with Gasteiger partial charge in [0, 0.05) is 14.6 Å². The molecule has 0 aliphatic heterocycles. The first-order valence-corrected chi connectivity index (χ1v) is 8.29. The molecule has 0 saturated carbocycles. The van der Waals surface area contributed by atoms with Gasteiger partial charge in [-0.3, -0.25) is 4.72 Å². The van der Waals surface area contributed by atoms with Crippen molar-refractivity contribution in [3.8, 4) is 0 Å². The third kappa shape index (κ3) is 3.29. The first-order chi connectivity index (χ1) is 8.90. The Morgan fingerprint density at radius 2 is 1.53 bits per heavy atom. The van der Waals surface area contributed by atoms with Crippen molar-refractivity contribution in [2.24, 2.45) is 0 Å². The molecule has 0 bridgehead atoms. The van der Waals surface area contributed by atoms with Crippen molar-refractivity contribution in [1.82, 2.24) is 0 Å². The van der Waals surface area contributed by atoms with Crippen molar-refractivity contribution < 1.29 is 8.42 Å². The lowest BCUT2D eigenvalue weighted by molar-refractivity contribution is 0.601. The number of anilines is 2. The van der Waals surface area contributed by atoms with E-state index in [9.17, 15) is 8.42 Å². The fourth-order valence-corrected chi connectivity index (χ4v) is 4.29. The van der Waals surface area contributed by atoms with Crippen LogP contribution in [0.2, 0.25) is 0 Å². The average Bonchev–Trinajstić information content (AvgIpc) is 2.35. The summed E-state index contributed by atoms with van der Waals surface area (Å²) < 4.78 is 28.1. The van der Waals surface area contributed by atoms with Crippen LogP contribution >= 0.6 is 31.9 Å². The largest absolute Gasteiger partial charge is 0.399 e. The summed E-state index contributed by atoms with van der Waals surface area (Å²) in [6.07, 6.45) is 0. The van der Waals surface area contributed by atoms with Crippen LogP contribution < -0.4 is 10.5 Å². The molecule has 0 heterocycles. The number of rotatable bonds is 3. The first kappa shape index (κ1) is 14.4. The van der Waals surface area contributed by atoms with Crippen LogP contribution in [0.25, 0.3) is 0 Å². The maximum absolute atomic E-state index is 12.2. The number of nitrogens with one attached hydrogen (secondary N) is 1. The van der Waals surface area contributed by atoms with E-state index in [1.807, 2.05) is 0 Å². The predicted molar refractivity (Wildman–Crippen MR) is 83.5 cm³/mol. The Morgan fingerprint density at radius 1 is 1.00 bits per heavy atom. The molecule has 0 atom stereocenters. The second-order valence-corrected chi connectivity index (χ2v) is 7.17. The summed E-state index contributed by atoms with van der Waals surface area (Å²) in [4.78, 5) is 0.200. The van der Waals surface area contributed by atoms with Gasteiger partial charge in [-0.2, -0.15) is 0 Å². The number of hydrogen-bond donors (Lipinski definition) is 2. The van der Waals surface area contributed by atoms with Gasteiger partial charge in [-0.25, -0.2) is 8.42 Å². The minimum atomic E-state index is -3.62. The third-order valence-corrected chi connectivity index (χ3v) is 4.97. The minimum Gasteiger partial charge on any atom is -0.399 e. The van der Waals surface area contributed by atoms with Crippen molar-refractivity contribution in [2.45, 2.75) is 4.90 Å². The molecule has 4 nitrogen and oxygen atoms in total. The summed E-state index contributed by atoms with van der Waals surface area (Å²) in [5, 5.41) is 0. The van der Waals surface area contributed by atoms with Gasteiger partial charge < -0.3 is 5.73 Å². The zero-order chi connectivity index (χ0) is 14.0. The van der Waals surface area contributed by atoms with Crippen LogP contribution in [0.15, 0.2) is 56.3 Å². The quantitative estimate of drug-likeness (QED) is 0.766. The van der Waals surface area contributed by atoms with E-state index >= 15 is 0 Å². The van der Waals surface area contributed by atoms with Crippen molar-refractivity contribution in [2.75, 3.05) is 10.5 Å². The molecular weight excluding hydrogens is 396 g/mol. The van der Waals surface area contributed by atoms with Crippen LogP contribution in [0.1, 0.15) is 0 Å². The topological polar surface area (TPSA) is 72.2 Å². The van der Waals surface area contributed by atoms with Gasteiger partial charge in [-0.15, -0.1) is 0 Å². The lowest BCUT2D eigenvalue weighted by atomic mass is 10.3. The van der Waals surface area contributed by atoms with Crippen LogP contribution in [-0.4, -0.2) is 8.42 Å². The molecule has 0 radical (unpaired) electrons. The van der Waals surface area contributed by atoms with E-state index in [4.69, 9.17) is 5.73 Å². The van der Waals surface area contributed by atoms with Gasteiger partial charge >= 0.3 is 0 Å². The smallest absolute Gasteiger partial charge is 0.261 e. The van der Waals surface area contributed by atoms with Crippen LogP contribution in [0.5, 0.6) is 0 Å². The standard InChI is InChI=1S/C12H10Br2N2O2S/c13-10-6-8(15)7-11(14)12(10)16-19(17,18)9-4-2-1-3-5-9/h1-7,16H,15H2. The highest BCUT2D eigenvalue weighted by Gasteiger charge is 2.17. The second kappa shape index (κ2) is 5.52. The van der Waals surface area contributed by atoms with Gasteiger partial charge in [0.15, 0.2) is 0 Å². The molecule has 0 unspecified atom stereocenters. The summed E-state index contributed by atoms with van der Waals surface area (Å²) in [6, 6.07) is 11.4. The highest BCUT2D eigenvalue weighted by Crippen LogP contribution is 2.34. The fraction of sp³-hybridized carbons (Fsp3) is 0. The third-order valence-electron chi connectivity index (χ3n) is 2.35. The average molecular weight is 406 g/mol. The Kier molecular flexibility index (Phi) is 4.17. The van der Waals surface area contributed by atoms with Crippen molar-refractivity contribution >= 4 is 53.3 Å². The van der Waals surface area contributed by atoms with E-state index < -0.39 is 10.0 Å². The summed E-state index contributed by atoms with van der Waals surface area (Å²) in [5.41, 5.74) is 6.61. The second-order valence-electron chi connectivity index (χ2n) is 3.78. The molecule has 100 valence electrons. The van der Waals surface area contributed by atoms with Crippen LogP contribution in [0.3, 0.4) is 0 Å². The number of hydrogen-bond acceptors (Lipinski definition) is 3. The molecule has 3 N–H and O–H groups in total. The summed E-state index contributed by atoms with van der Waals surface area (Å²) >= 11 is 6.57. The maximum Gasteiger partial charge on any atom is 0.261 e. The SMILES string of the molecule is Nc1cc(Br)c(NS(=O)(=O)c2ccccc2)c(Br)c1. The molecule has 0 amide bonds. The van der Waals surface area contributed by atoms with Gasteiger partial charge in [0.25, 0.3) is 10.0 Å². The Morgan fingerprint density at radius 3 is 2.05 bits per heavy atom. The summed E-state index contributed by atoms with van der Waals surface area (Å²) in [6.45, 7) is 0. The van der Waals surface area contributed by atoms with Gasteiger partial charge in [0.2, 0.25) is 0 Å². The molecule has 2 rings (SSSR count). The van der Waals surface area contributed by atoms with E-state index in [1.165, 1.54) is 12.1 Å². The molecule has 0 spiro atoms. The minimum absolute atomic E-state index is 0.200. The number of benzene rings is 2. The Hall–Kier alpha value is -1.05. The molecular formula is C12H10Br2N2O2S. The van der Waals surface area contributed by atoms with E-state index in [0.717, 1.165) is 0 Å². The number of nitrogen functional groups attached to an aromatic ring is 1. The Labute approximate surface area is 128 Å². The van der Waals surface area contributed by atoms with Crippen LogP contribution in [0.4, 0.5) is 11.4 Å². The molecule has 0 aliphatic rings. The van der Waals surface area contributed by atoms with Gasteiger partial charge in [0.1, 0.15) is 0 Å². The molecule has 0 aromatic heterocycles. The van der Waals surface area contributed by atoms with E-state index in [0.29, 0.717) is 20.3 Å². The molecule has 7 heteroatoms. The molecule has 2 aromatic rings. The molecule has 0 saturated heterocycles. The Bertz CT molecular complexity index is 680. The van der Waals surface area contributed by atoms with E-state index in [2.05, 4.69) is 36.6 Å². The normalized spacial score (nSPS) is 11.3. The number of halogens is 2. The molecule has 0 fully saturated rings. The van der Waals surface area contributed by atoms with Crippen LogP contribution in [0, 0.1) is 0 Å². The molecule has 19 heavy (non-hydrogen) atoms. The van der Waals surface area contributed by atoms with Crippen LogP contribution in [-0.2, 0) is 10.0 Å². The summed E-state index contributed by atoms with van der Waals surface area (Å²) in [7, 11) is -3.62. The molecule has 0 aliphatic carbocycles. The zero-order valence-electron chi connectivity index (χ0n) is 9.60. The highest BCUT2D eigenvalue weighted by molar-refractivity contribution is 9.11. The van der Waals surface area contributed by atoms with Gasteiger partial charge in [-0.1, -0.05) is 18.2 Å². The Balaban J connectivity index is 2.42. The highest BCUT2D eigenvalue weighted by atomic mass is 79.9. The van der Waals surface area contributed by atoms with Gasteiger partial charge in [-0.05, 0) is 56.1 Å². The number of sulfonamides is 1. The number of nitrogens with two attached hydrogens (primary N) is 1. The van der Waals surface area contributed by atoms with Gasteiger partial charge in [0.05, 0.1) is 10.6 Å². The predicted octanol–water partition coefficient (Wildman–Crippen LogP) is 3.59.